The zero-order valence-corrected chi connectivity index (χ0v) is 19.2. The first-order chi connectivity index (χ1) is 14.7. The summed E-state index contributed by atoms with van der Waals surface area (Å²) in [6.45, 7) is 5.42. The molecule has 0 aliphatic heterocycles. The number of benzene rings is 3. The number of hydrogen-bond acceptors (Lipinski definition) is 3. The fourth-order valence-electron chi connectivity index (χ4n) is 3.66. The molecule has 0 saturated heterocycles. The average Bonchev–Trinajstić information content (AvgIpc) is 2.68. The van der Waals surface area contributed by atoms with Crippen molar-refractivity contribution in [3.8, 4) is 0 Å². The molecule has 0 spiro atoms. The van der Waals surface area contributed by atoms with Crippen molar-refractivity contribution in [3.63, 3.8) is 0 Å². The highest BCUT2D eigenvalue weighted by Gasteiger charge is 2.28. The Morgan fingerprint density at radius 1 is 0.935 bits per heavy atom. The van der Waals surface area contributed by atoms with Gasteiger partial charge in [0.05, 0.1) is 15.6 Å². The van der Waals surface area contributed by atoms with Gasteiger partial charge in [-0.3, -0.25) is 4.79 Å². The lowest BCUT2D eigenvalue weighted by Gasteiger charge is -2.21. The van der Waals surface area contributed by atoms with Crippen molar-refractivity contribution in [1.82, 2.24) is 4.72 Å². The first-order valence-electron chi connectivity index (χ1n) is 9.87. The summed E-state index contributed by atoms with van der Waals surface area (Å²) in [6, 6.07) is 18.7. The Balaban J connectivity index is 1.94. The monoisotopic (exact) mass is 456 g/mol. The van der Waals surface area contributed by atoms with Gasteiger partial charge in [-0.05, 0) is 56.0 Å². The smallest absolute Gasteiger partial charge is 0.242 e. The quantitative estimate of drug-likeness (QED) is 0.536. The van der Waals surface area contributed by atoms with Gasteiger partial charge in [-0.15, -0.1) is 0 Å². The SMILES string of the molecule is Cc1cc(C)c(S(=O)(=O)N[C@@H](Cc2ccccc2)C(=O)Nc2ccccc2Cl)c(C)c1. The molecular formula is C24H25ClN2O3S. The molecule has 0 unspecified atom stereocenters. The fraction of sp³-hybridized carbons (Fsp3) is 0.208. The van der Waals surface area contributed by atoms with Crippen LogP contribution < -0.4 is 10.0 Å². The molecule has 0 fully saturated rings. The standard InChI is InChI=1S/C24H25ClN2O3S/c1-16-13-17(2)23(18(3)14-16)31(29,30)27-22(15-19-9-5-4-6-10-19)24(28)26-21-12-8-7-11-20(21)25/h4-14,22,27H,15H2,1-3H3,(H,26,28)/t22-/m0/s1. The molecule has 1 atom stereocenters. The first kappa shape index (κ1) is 23.0. The second kappa shape index (κ2) is 9.64. The molecular weight excluding hydrogens is 432 g/mol. The van der Waals surface area contributed by atoms with Crippen molar-refractivity contribution in [2.45, 2.75) is 38.1 Å². The predicted molar refractivity (Wildman–Crippen MR) is 125 cm³/mol. The first-order valence-corrected chi connectivity index (χ1v) is 11.7. The molecule has 0 radical (unpaired) electrons. The Morgan fingerprint density at radius 3 is 2.13 bits per heavy atom. The van der Waals surface area contributed by atoms with Gasteiger partial charge in [-0.25, -0.2) is 8.42 Å². The summed E-state index contributed by atoms with van der Waals surface area (Å²) in [5.74, 6) is -0.483. The van der Waals surface area contributed by atoms with E-state index < -0.39 is 22.0 Å². The fourth-order valence-corrected chi connectivity index (χ4v) is 5.49. The van der Waals surface area contributed by atoms with Gasteiger partial charge in [0.15, 0.2) is 0 Å². The lowest BCUT2D eigenvalue weighted by Crippen LogP contribution is -2.45. The molecule has 7 heteroatoms. The molecule has 0 aromatic heterocycles. The van der Waals surface area contributed by atoms with Crippen LogP contribution in [-0.4, -0.2) is 20.4 Å². The highest BCUT2D eigenvalue weighted by Crippen LogP contribution is 2.24. The third kappa shape index (κ3) is 5.73. The predicted octanol–water partition coefficient (Wildman–Crippen LogP) is 4.79. The lowest BCUT2D eigenvalue weighted by molar-refractivity contribution is -0.117. The summed E-state index contributed by atoms with van der Waals surface area (Å²) in [5, 5.41) is 3.12. The van der Waals surface area contributed by atoms with E-state index in [2.05, 4.69) is 10.0 Å². The Labute approximate surface area is 188 Å². The normalized spacial score (nSPS) is 12.4. The van der Waals surface area contributed by atoms with E-state index in [-0.39, 0.29) is 11.3 Å². The zero-order valence-electron chi connectivity index (χ0n) is 17.6. The Morgan fingerprint density at radius 2 is 1.52 bits per heavy atom. The number of hydrogen-bond donors (Lipinski definition) is 2. The number of anilines is 1. The van der Waals surface area contributed by atoms with Crippen molar-refractivity contribution >= 4 is 33.2 Å². The van der Waals surface area contributed by atoms with E-state index in [0.717, 1.165) is 11.1 Å². The van der Waals surface area contributed by atoms with Gasteiger partial charge in [0.25, 0.3) is 0 Å². The Bertz CT molecular complexity index is 1170. The van der Waals surface area contributed by atoms with Crippen LogP contribution in [0.4, 0.5) is 5.69 Å². The van der Waals surface area contributed by atoms with Crippen LogP contribution in [0.2, 0.25) is 5.02 Å². The van der Waals surface area contributed by atoms with Crippen molar-refractivity contribution in [2.75, 3.05) is 5.32 Å². The van der Waals surface area contributed by atoms with Gasteiger partial charge in [0.2, 0.25) is 15.9 Å². The van der Waals surface area contributed by atoms with Crippen LogP contribution in [0.1, 0.15) is 22.3 Å². The topological polar surface area (TPSA) is 75.3 Å². The maximum atomic E-state index is 13.3. The zero-order chi connectivity index (χ0) is 22.6. The van der Waals surface area contributed by atoms with E-state index in [1.54, 1.807) is 38.1 Å². The molecule has 0 heterocycles. The molecule has 162 valence electrons. The van der Waals surface area contributed by atoms with Gasteiger partial charge in [0, 0.05) is 0 Å². The third-order valence-electron chi connectivity index (χ3n) is 4.90. The molecule has 0 bridgehead atoms. The minimum atomic E-state index is -3.95. The minimum Gasteiger partial charge on any atom is -0.323 e. The van der Waals surface area contributed by atoms with Gasteiger partial charge >= 0.3 is 0 Å². The molecule has 31 heavy (non-hydrogen) atoms. The van der Waals surface area contributed by atoms with Crippen LogP contribution in [0, 0.1) is 20.8 Å². The van der Waals surface area contributed by atoms with Crippen molar-refractivity contribution in [1.29, 1.82) is 0 Å². The van der Waals surface area contributed by atoms with E-state index in [1.807, 2.05) is 49.4 Å². The van der Waals surface area contributed by atoms with Crippen molar-refractivity contribution in [2.24, 2.45) is 0 Å². The molecule has 1 amide bonds. The van der Waals surface area contributed by atoms with E-state index >= 15 is 0 Å². The third-order valence-corrected chi connectivity index (χ3v) is 7.01. The van der Waals surface area contributed by atoms with Gasteiger partial charge < -0.3 is 5.32 Å². The molecule has 3 aromatic carbocycles. The van der Waals surface area contributed by atoms with Crippen LogP contribution in [-0.2, 0) is 21.2 Å². The minimum absolute atomic E-state index is 0.195. The molecule has 3 aromatic rings. The molecule has 0 aliphatic carbocycles. The van der Waals surface area contributed by atoms with E-state index in [0.29, 0.717) is 21.8 Å². The summed E-state index contributed by atoms with van der Waals surface area (Å²) in [6.07, 6.45) is 0.195. The summed E-state index contributed by atoms with van der Waals surface area (Å²) in [7, 11) is -3.95. The van der Waals surface area contributed by atoms with E-state index in [4.69, 9.17) is 11.6 Å². The molecule has 0 aliphatic rings. The summed E-state index contributed by atoms with van der Waals surface area (Å²) < 4.78 is 29.2. The number of amides is 1. The maximum Gasteiger partial charge on any atom is 0.242 e. The molecule has 2 N–H and O–H groups in total. The number of aryl methyl sites for hydroxylation is 3. The molecule has 0 saturated carbocycles. The number of rotatable bonds is 7. The van der Waals surface area contributed by atoms with Gasteiger partial charge in [-0.2, -0.15) is 4.72 Å². The number of carbonyl (C=O) groups is 1. The summed E-state index contributed by atoms with van der Waals surface area (Å²) in [4.78, 5) is 13.3. The molecule has 3 rings (SSSR count). The Kier molecular flexibility index (Phi) is 7.15. The maximum absolute atomic E-state index is 13.3. The largest absolute Gasteiger partial charge is 0.323 e. The second-order valence-electron chi connectivity index (χ2n) is 7.56. The van der Waals surface area contributed by atoms with Crippen molar-refractivity contribution < 1.29 is 13.2 Å². The summed E-state index contributed by atoms with van der Waals surface area (Å²) in [5.41, 5.74) is 3.51. The number of halogens is 1. The number of carbonyl (C=O) groups excluding carboxylic acids is 1. The highest BCUT2D eigenvalue weighted by molar-refractivity contribution is 7.89. The van der Waals surface area contributed by atoms with Gasteiger partial charge in [-0.1, -0.05) is 71.8 Å². The lowest BCUT2D eigenvalue weighted by atomic mass is 10.1. The van der Waals surface area contributed by atoms with Gasteiger partial charge in [0.1, 0.15) is 6.04 Å². The van der Waals surface area contributed by atoms with E-state index in [9.17, 15) is 13.2 Å². The van der Waals surface area contributed by atoms with Crippen molar-refractivity contribution in [3.05, 3.63) is 94.0 Å². The summed E-state index contributed by atoms with van der Waals surface area (Å²) >= 11 is 6.17. The van der Waals surface area contributed by atoms with Crippen LogP contribution in [0.15, 0.2) is 71.6 Å². The van der Waals surface area contributed by atoms with Crippen LogP contribution in [0.25, 0.3) is 0 Å². The average molecular weight is 457 g/mol. The number of nitrogens with one attached hydrogen (secondary N) is 2. The highest BCUT2D eigenvalue weighted by atomic mass is 35.5. The number of sulfonamides is 1. The Hall–Kier alpha value is -2.67. The van der Waals surface area contributed by atoms with Crippen LogP contribution in [0.3, 0.4) is 0 Å². The number of para-hydroxylation sites is 1. The van der Waals surface area contributed by atoms with Crippen LogP contribution in [0.5, 0.6) is 0 Å². The van der Waals surface area contributed by atoms with Crippen LogP contribution >= 0.6 is 11.6 Å². The van der Waals surface area contributed by atoms with E-state index in [1.165, 1.54) is 0 Å². The second-order valence-corrected chi connectivity index (χ2v) is 9.62. The molecule has 5 nitrogen and oxygen atoms in total.